The highest BCUT2D eigenvalue weighted by Crippen LogP contribution is 2.61. The van der Waals surface area contributed by atoms with Gasteiger partial charge in [-0.05, 0) is 56.9 Å². The molecule has 1 saturated carbocycles. The largest absolute Gasteiger partial charge is 0.497 e. The van der Waals surface area contributed by atoms with Crippen LogP contribution >= 0.6 is 0 Å². The summed E-state index contributed by atoms with van der Waals surface area (Å²) in [6.45, 7) is 8.12. The first-order valence-electron chi connectivity index (χ1n) is 11.9. The van der Waals surface area contributed by atoms with E-state index in [0.717, 1.165) is 22.4 Å². The maximum atomic E-state index is 14.3. The summed E-state index contributed by atoms with van der Waals surface area (Å²) in [7, 11) is 1.50. The minimum atomic E-state index is -0.842. The molecule has 1 heterocycles. The van der Waals surface area contributed by atoms with Gasteiger partial charge in [0.2, 0.25) is 0 Å². The molecule has 190 valence electrons. The third kappa shape index (κ3) is 5.29. The lowest BCUT2D eigenvalue weighted by Gasteiger charge is -2.28. The van der Waals surface area contributed by atoms with Crippen molar-refractivity contribution in [3.05, 3.63) is 58.4 Å². The van der Waals surface area contributed by atoms with Gasteiger partial charge in [0.1, 0.15) is 29.3 Å². The lowest BCUT2D eigenvalue weighted by Crippen LogP contribution is -2.46. The van der Waals surface area contributed by atoms with Gasteiger partial charge in [-0.25, -0.2) is 4.39 Å². The normalized spacial score (nSPS) is 22.1. The fourth-order valence-corrected chi connectivity index (χ4v) is 4.92. The van der Waals surface area contributed by atoms with E-state index in [2.05, 4.69) is 5.32 Å². The van der Waals surface area contributed by atoms with Gasteiger partial charge in [-0.2, -0.15) is 0 Å². The van der Waals surface area contributed by atoms with Crippen LogP contribution in [0.1, 0.15) is 55.0 Å². The molecule has 2 aromatic rings. The van der Waals surface area contributed by atoms with Crippen molar-refractivity contribution in [3.63, 3.8) is 0 Å². The van der Waals surface area contributed by atoms with Crippen LogP contribution in [-0.4, -0.2) is 54.2 Å². The number of rotatable bonds is 11. The van der Waals surface area contributed by atoms with E-state index >= 15 is 0 Å². The molecule has 1 aliphatic heterocycles. The van der Waals surface area contributed by atoms with Gasteiger partial charge in [0.15, 0.2) is 0 Å². The Bertz CT molecular complexity index is 1100. The van der Waals surface area contributed by atoms with E-state index in [1.807, 2.05) is 39.8 Å². The van der Waals surface area contributed by atoms with Crippen LogP contribution in [0.5, 0.6) is 11.5 Å². The van der Waals surface area contributed by atoms with E-state index in [1.54, 1.807) is 12.1 Å². The molecular weight excluding hydrogens is 453 g/mol. The highest BCUT2D eigenvalue weighted by atomic mass is 19.1. The molecule has 1 fully saturated rings. The molecule has 2 aromatic carbocycles. The fraction of sp³-hybridized carbons (Fsp3) is 0.519. The third-order valence-corrected chi connectivity index (χ3v) is 6.94. The highest BCUT2D eigenvalue weighted by molar-refractivity contribution is 5.79. The lowest BCUT2D eigenvalue weighted by molar-refractivity contribution is -0.139. The number of carboxylic acid groups (broad SMARTS) is 1. The Balaban J connectivity index is 1.31. The monoisotopic (exact) mass is 487 g/mol. The summed E-state index contributed by atoms with van der Waals surface area (Å²) in [5, 5.41) is 23.3. The molecule has 0 saturated heterocycles. The zero-order valence-electron chi connectivity index (χ0n) is 20.8. The first-order valence-corrected chi connectivity index (χ1v) is 11.9. The number of hydrogen-bond acceptors (Lipinski definition) is 6. The van der Waals surface area contributed by atoms with Crippen molar-refractivity contribution in [2.24, 2.45) is 5.92 Å². The summed E-state index contributed by atoms with van der Waals surface area (Å²) in [5.74, 6) is -0.586. The van der Waals surface area contributed by atoms with Crippen LogP contribution in [0.2, 0.25) is 0 Å². The van der Waals surface area contributed by atoms with Gasteiger partial charge in [-0.1, -0.05) is 18.2 Å². The number of nitrogens with one attached hydrogen (secondary N) is 1. The van der Waals surface area contributed by atoms with Crippen LogP contribution in [0, 0.1) is 18.7 Å². The van der Waals surface area contributed by atoms with E-state index in [4.69, 9.17) is 14.2 Å². The van der Waals surface area contributed by atoms with Gasteiger partial charge in [0, 0.05) is 29.6 Å². The highest BCUT2D eigenvalue weighted by Gasteiger charge is 2.64. The molecular formula is C27H34FNO6. The van der Waals surface area contributed by atoms with Crippen LogP contribution in [-0.2, 0) is 16.0 Å². The topological polar surface area (TPSA) is 97.3 Å². The second kappa shape index (κ2) is 9.76. The number of carboxylic acids is 1. The van der Waals surface area contributed by atoms with Gasteiger partial charge in [0.05, 0.1) is 25.9 Å². The smallest absolute Gasteiger partial charge is 0.311 e. The zero-order chi connectivity index (χ0) is 25.5. The Labute approximate surface area is 205 Å². The quantitative estimate of drug-likeness (QED) is 0.444. The second-order valence-corrected chi connectivity index (χ2v) is 10.2. The first kappa shape index (κ1) is 25.4. The van der Waals surface area contributed by atoms with E-state index in [1.165, 1.54) is 13.2 Å². The number of carbonyl (C=O) groups is 1. The molecule has 1 aliphatic carbocycles. The van der Waals surface area contributed by atoms with Gasteiger partial charge >= 0.3 is 5.97 Å². The molecule has 0 amide bonds. The summed E-state index contributed by atoms with van der Waals surface area (Å²) < 4.78 is 31.3. The number of β-amino-alcohol motifs (C(OH)–C–C–N with tert-alkyl or cyclic N) is 1. The Morgan fingerprint density at radius 2 is 2.03 bits per heavy atom. The number of aryl methyl sites for hydroxylation is 1. The van der Waals surface area contributed by atoms with Crippen LogP contribution in [0.4, 0.5) is 4.39 Å². The number of fused-ring (bicyclic) bond motifs is 3. The number of ether oxygens (including phenoxy) is 3. The lowest BCUT2D eigenvalue weighted by atomic mass is 9.94. The number of aliphatic hydroxyl groups is 1. The Hall–Kier alpha value is -2.68. The minimum absolute atomic E-state index is 0.0983. The second-order valence-electron chi connectivity index (χ2n) is 10.2. The van der Waals surface area contributed by atoms with Crippen LogP contribution in [0.3, 0.4) is 0 Å². The van der Waals surface area contributed by atoms with E-state index in [0.29, 0.717) is 17.7 Å². The number of hydrogen-bond donors (Lipinski definition) is 3. The van der Waals surface area contributed by atoms with Crippen molar-refractivity contribution in [3.8, 4) is 11.5 Å². The molecule has 0 spiro atoms. The van der Waals surface area contributed by atoms with Crippen molar-refractivity contribution >= 4 is 5.97 Å². The van der Waals surface area contributed by atoms with E-state index in [-0.39, 0.29) is 37.1 Å². The van der Waals surface area contributed by atoms with E-state index < -0.39 is 23.5 Å². The molecule has 5 atom stereocenters. The van der Waals surface area contributed by atoms with Gasteiger partial charge in [-0.15, -0.1) is 0 Å². The minimum Gasteiger partial charge on any atom is -0.497 e. The SMILES string of the molecule is COc1ccc(CC(C)(C)NC[C@@H](O)CO[C@H](C)c2ccc(C)c3c2[C@@H]2[C@H](O3)[C@H]2C(=O)O)c(F)c1. The Kier molecular flexibility index (Phi) is 7.09. The third-order valence-electron chi connectivity index (χ3n) is 6.94. The number of aliphatic hydroxyl groups excluding tert-OH is 1. The molecule has 3 N–H and O–H groups in total. The van der Waals surface area contributed by atoms with Crippen LogP contribution in [0.25, 0.3) is 0 Å². The van der Waals surface area contributed by atoms with E-state index in [9.17, 15) is 19.4 Å². The predicted octanol–water partition coefficient (Wildman–Crippen LogP) is 3.75. The Morgan fingerprint density at radius 3 is 2.69 bits per heavy atom. The Morgan fingerprint density at radius 1 is 1.29 bits per heavy atom. The summed E-state index contributed by atoms with van der Waals surface area (Å²) >= 11 is 0. The molecule has 2 aliphatic rings. The maximum absolute atomic E-state index is 14.3. The molecule has 35 heavy (non-hydrogen) atoms. The molecule has 0 bridgehead atoms. The number of benzene rings is 2. The number of aliphatic carboxylic acids is 1. The van der Waals surface area contributed by atoms with Crippen molar-refractivity contribution in [2.45, 2.75) is 63.9 Å². The first-order chi connectivity index (χ1) is 16.5. The number of methoxy groups -OCH3 is 1. The average molecular weight is 488 g/mol. The van der Waals surface area contributed by atoms with Crippen LogP contribution < -0.4 is 14.8 Å². The van der Waals surface area contributed by atoms with Crippen molar-refractivity contribution < 1.29 is 33.6 Å². The molecule has 8 heteroatoms. The van der Waals surface area contributed by atoms with Gasteiger partial charge in [-0.3, -0.25) is 4.79 Å². The standard InChI is InChI=1S/C27H34FNO6/c1-14-6-9-19(21-22-23(26(31)32)25(22)35-24(14)21)15(2)34-13-17(30)12-29-27(3,4)11-16-7-8-18(33-5)10-20(16)28/h6-10,15,17,22-23,25,29-30H,11-13H2,1-5H3,(H,31,32)/t15-,17-,22+,23+,25+/m1/s1. The van der Waals surface area contributed by atoms with Crippen molar-refractivity contribution in [2.75, 3.05) is 20.3 Å². The molecule has 7 nitrogen and oxygen atoms in total. The molecule has 0 unspecified atom stereocenters. The zero-order valence-corrected chi connectivity index (χ0v) is 20.8. The average Bonchev–Trinajstić information content (AvgIpc) is 3.39. The molecule has 4 rings (SSSR count). The van der Waals surface area contributed by atoms with Crippen LogP contribution in [0.15, 0.2) is 30.3 Å². The summed E-state index contributed by atoms with van der Waals surface area (Å²) in [5.41, 5.74) is 2.91. The predicted molar refractivity (Wildman–Crippen MR) is 129 cm³/mol. The van der Waals surface area contributed by atoms with Crippen molar-refractivity contribution in [1.82, 2.24) is 5.32 Å². The van der Waals surface area contributed by atoms with Gasteiger partial charge < -0.3 is 29.7 Å². The molecule has 0 radical (unpaired) electrons. The fourth-order valence-electron chi connectivity index (χ4n) is 4.92. The van der Waals surface area contributed by atoms with Gasteiger partial charge in [0.25, 0.3) is 0 Å². The van der Waals surface area contributed by atoms with Crippen molar-refractivity contribution in [1.29, 1.82) is 0 Å². The number of halogens is 1. The summed E-state index contributed by atoms with van der Waals surface area (Å²) in [4.78, 5) is 11.5. The molecule has 0 aromatic heterocycles. The maximum Gasteiger partial charge on any atom is 0.311 e. The summed E-state index contributed by atoms with van der Waals surface area (Å²) in [6.07, 6.45) is -0.970. The summed E-state index contributed by atoms with van der Waals surface area (Å²) in [6, 6.07) is 8.72.